The first-order valence-corrected chi connectivity index (χ1v) is 11.9. The molecule has 1 saturated heterocycles. The molecule has 3 aromatic rings. The van der Waals surface area contributed by atoms with Crippen LogP contribution in [0.5, 0.6) is 6.01 Å². The normalized spacial score (nSPS) is 13.9. The summed E-state index contributed by atoms with van der Waals surface area (Å²) in [5.74, 6) is -0.356. The van der Waals surface area contributed by atoms with Crippen molar-refractivity contribution in [1.82, 2.24) is 19.4 Å². The number of rotatable bonds is 9. The van der Waals surface area contributed by atoms with Gasteiger partial charge in [0, 0.05) is 25.2 Å². The first-order chi connectivity index (χ1) is 17.0. The molecule has 2 aromatic carbocycles. The molecule has 0 spiro atoms. The molecule has 1 fully saturated rings. The lowest BCUT2D eigenvalue weighted by molar-refractivity contribution is 0.0303. The number of aromatic nitrogens is 2. The van der Waals surface area contributed by atoms with Crippen LogP contribution in [0.15, 0.2) is 42.5 Å². The number of carbonyl (C=O) groups excluding carboxylic acids is 2. The highest BCUT2D eigenvalue weighted by Crippen LogP contribution is 2.25. The van der Waals surface area contributed by atoms with Crippen LogP contribution in [0.3, 0.4) is 0 Å². The highest BCUT2D eigenvalue weighted by molar-refractivity contribution is 5.97. The van der Waals surface area contributed by atoms with Gasteiger partial charge in [-0.1, -0.05) is 12.1 Å². The number of imidazole rings is 1. The molecule has 0 saturated carbocycles. The number of carbonyl (C=O) groups is 2. The quantitative estimate of drug-likeness (QED) is 0.435. The Morgan fingerprint density at radius 3 is 2.46 bits per heavy atom. The molecule has 4 rings (SSSR count). The molecular weight excluding hydrogens is 448 g/mol. The Bertz CT molecular complexity index is 1170. The summed E-state index contributed by atoms with van der Waals surface area (Å²) in [6.07, 6.45) is 0. The molecule has 9 heteroatoms. The van der Waals surface area contributed by atoms with Crippen LogP contribution in [0.4, 0.5) is 0 Å². The lowest BCUT2D eigenvalue weighted by atomic mass is 10.1. The summed E-state index contributed by atoms with van der Waals surface area (Å²) in [6.45, 7) is 6.17. The number of hydrogen-bond donors (Lipinski definition) is 0. The van der Waals surface area contributed by atoms with Gasteiger partial charge < -0.3 is 24.0 Å². The van der Waals surface area contributed by atoms with Gasteiger partial charge in [-0.15, -0.1) is 0 Å². The van der Waals surface area contributed by atoms with Crippen molar-refractivity contribution in [2.75, 3.05) is 60.2 Å². The van der Waals surface area contributed by atoms with Gasteiger partial charge in [0.25, 0.3) is 11.9 Å². The average molecular weight is 481 g/mol. The van der Waals surface area contributed by atoms with Gasteiger partial charge in [-0.05, 0) is 56.9 Å². The maximum absolute atomic E-state index is 13.0. The van der Waals surface area contributed by atoms with Gasteiger partial charge in [0.1, 0.15) is 6.61 Å². The van der Waals surface area contributed by atoms with E-state index in [9.17, 15) is 9.59 Å². The lowest BCUT2D eigenvalue weighted by Gasteiger charge is -2.26. The number of ether oxygens (including phenoxy) is 3. The SMILES string of the molecule is CCOc1nc2ccc(C(=O)N3CCOCC3)cc2n1Cc1ccc(C(=O)OCCN(C)C)cc1. The summed E-state index contributed by atoms with van der Waals surface area (Å²) in [5.41, 5.74) is 3.67. The number of likely N-dealkylation sites (N-methyl/N-ethyl adjacent to an activating group) is 1. The van der Waals surface area contributed by atoms with Gasteiger partial charge in [-0.25, -0.2) is 4.79 Å². The van der Waals surface area contributed by atoms with E-state index in [2.05, 4.69) is 4.98 Å². The number of nitrogens with zero attached hydrogens (tertiary/aromatic N) is 4. The van der Waals surface area contributed by atoms with Crippen LogP contribution in [0.25, 0.3) is 11.0 Å². The third-order valence-electron chi connectivity index (χ3n) is 5.83. The monoisotopic (exact) mass is 480 g/mol. The van der Waals surface area contributed by atoms with Crippen molar-refractivity contribution >= 4 is 22.9 Å². The van der Waals surface area contributed by atoms with Gasteiger partial charge in [-0.3, -0.25) is 9.36 Å². The molecule has 0 atom stereocenters. The second-order valence-electron chi connectivity index (χ2n) is 8.66. The highest BCUT2D eigenvalue weighted by Gasteiger charge is 2.21. The Labute approximate surface area is 205 Å². The second-order valence-corrected chi connectivity index (χ2v) is 8.66. The molecule has 1 aliphatic heterocycles. The fraction of sp³-hybridized carbons (Fsp3) is 0.423. The number of benzene rings is 2. The van der Waals surface area contributed by atoms with Crippen LogP contribution in [0.2, 0.25) is 0 Å². The summed E-state index contributed by atoms with van der Waals surface area (Å²) in [7, 11) is 3.86. The lowest BCUT2D eigenvalue weighted by Crippen LogP contribution is -2.40. The van der Waals surface area contributed by atoms with E-state index in [0.29, 0.717) is 69.7 Å². The molecule has 0 unspecified atom stereocenters. The Hall–Kier alpha value is -3.43. The molecule has 0 bridgehead atoms. The van der Waals surface area contributed by atoms with Crippen molar-refractivity contribution in [2.45, 2.75) is 13.5 Å². The summed E-state index contributed by atoms with van der Waals surface area (Å²) in [6, 6.07) is 13.4. The molecule has 1 amide bonds. The topological polar surface area (TPSA) is 86.1 Å². The predicted octanol–water partition coefficient (Wildman–Crippen LogP) is 2.67. The van der Waals surface area contributed by atoms with E-state index in [0.717, 1.165) is 16.6 Å². The molecule has 186 valence electrons. The van der Waals surface area contributed by atoms with Crippen LogP contribution in [0, 0.1) is 0 Å². The predicted molar refractivity (Wildman–Crippen MR) is 132 cm³/mol. The van der Waals surface area contributed by atoms with E-state index in [-0.39, 0.29) is 11.9 Å². The van der Waals surface area contributed by atoms with Gasteiger partial charge in [0.2, 0.25) is 0 Å². The summed E-state index contributed by atoms with van der Waals surface area (Å²) in [4.78, 5) is 33.7. The minimum absolute atomic E-state index is 0.0157. The first kappa shape index (κ1) is 24.7. The fourth-order valence-electron chi connectivity index (χ4n) is 3.91. The number of hydrogen-bond acceptors (Lipinski definition) is 7. The zero-order valence-electron chi connectivity index (χ0n) is 20.5. The third kappa shape index (κ3) is 5.98. The Morgan fingerprint density at radius 2 is 1.77 bits per heavy atom. The zero-order chi connectivity index (χ0) is 24.8. The van der Waals surface area contributed by atoms with E-state index in [1.807, 2.05) is 65.7 Å². The van der Waals surface area contributed by atoms with Crippen LogP contribution in [0.1, 0.15) is 33.2 Å². The molecule has 1 aliphatic rings. The summed E-state index contributed by atoms with van der Waals surface area (Å²) < 4.78 is 18.4. The molecular formula is C26H32N4O5. The average Bonchev–Trinajstić information content (AvgIpc) is 3.20. The van der Waals surface area contributed by atoms with Gasteiger partial charge >= 0.3 is 5.97 Å². The molecule has 9 nitrogen and oxygen atoms in total. The number of fused-ring (bicyclic) bond motifs is 1. The van der Waals surface area contributed by atoms with Gasteiger partial charge in [0.05, 0.1) is 43.0 Å². The van der Waals surface area contributed by atoms with Crippen LogP contribution in [-0.2, 0) is 16.0 Å². The highest BCUT2D eigenvalue weighted by atomic mass is 16.5. The minimum Gasteiger partial charge on any atom is -0.465 e. The second kappa shape index (κ2) is 11.3. The van der Waals surface area contributed by atoms with Gasteiger partial charge in [0.15, 0.2) is 0 Å². The van der Waals surface area contributed by atoms with E-state index in [1.165, 1.54) is 0 Å². The van der Waals surface area contributed by atoms with Crippen LogP contribution < -0.4 is 4.74 Å². The maximum Gasteiger partial charge on any atom is 0.338 e. The summed E-state index contributed by atoms with van der Waals surface area (Å²) >= 11 is 0. The van der Waals surface area contributed by atoms with Crippen molar-refractivity contribution in [2.24, 2.45) is 0 Å². The van der Waals surface area contributed by atoms with Crippen LogP contribution >= 0.6 is 0 Å². The number of morpholine rings is 1. The van der Waals surface area contributed by atoms with E-state index >= 15 is 0 Å². The maximum atomic E-state index is 13.0. The minimum atomic E-state index is -0.340. The zero-order valence-corrected chi connectivity index (χ0v) is 20.5. The van der Waals surface area contributed by atoms with Crippen molar-refractivity contribution in [3.05, 3.63) is 59.2 Å². The van der Waals surface area contributed by atoms with E-state index in [4.69, 9.17) is 14.2 Å². The van der Waals surface area contributed by atoms with E-state index in [1.54, 1.807) is 12.1 Å². The van der Waals surface area contributed by atoms with Crippen LogP contribution in [-0.4, -0.2) is 91.4 Å². The fourth-order valence-corrected chi connectivity index (χ4v) is 3.91. The molecule has 0 N–H and O–H groups in total. The largest absolute Gasteiger partial charge is 0.465 e. The smallest absolute Gasteiger partial charge is 0.338 e. The van der Waals surface area contributed by atoms with E-state index < -0.39 is 0 Å². The molecule has 0 radical (unpaired) electrons. The van der Waals surface area contributed by atoms with Crippen molar-refractivity contribution in [3.8, 4) is 6.01 Å². The Kier molecular flexibility index (Phi) is 7.99. The van der Waals surface area contributed by atoms with Gasteiger partial charge in [-0.2, -0.15) is 4.98 Å². The Balaban J connectivity index is 1.55. The van der Waals surface area contributed by atoms with Crippen molar-refractivity contribution in [3.63, 3.8) is 0 Å². The third-order valence-corrected chi connectivity index (χ3v) is 5.83. The molecule has 35 heavy (non-hydrogen) atoms. The summed E-state index contributed by atoms with van der Waals surface area (Å²) in [5, 5.41) is 0. The standard InChI is InChI=1S/C26H32N4O5/c1-4-34-26-27-22-10-9-21(24(31)29-12-14-33-15-13-29)17-23(22)30(26)18-19-5-7-20(8-6-19)25(32)35-16-11-28(2)3/h5-10,17H,4,11-16,18H2,1-3H3. The Morgan fingerprint density at radius 1 is 1.06 bits per heavy atom. The molecule has 1 aromatic heterocycles. The number of amides is 1. The van der Waals surface area contributed by atoms with Crippen molar-refractivity contribution in [1.29, 1.82) is 0 Å². The first-order valence-electron chi connectivity index (χ1n) is 11.9. The number of esters is 1. The van der Waals surface area contributed by atoms with Crippen molar-refractivity contribution < 1.29 is 23.8 Å². The molecule has 2 heterocycles. The molecule has 0 aliphatic carbocycles.